The monoisotopic (exact) mass is 1230 g/mol. The van der Waals surface area contributed by atoms with Crippen LogP contribution in [0.2, 0.25) is 0 Å². The molecule has 0 amide bonds. The topological polar surface area (TPSA) is 33.5 Å². The predicted octanol–water partition coefficient (Wildman–Crippen LogP) is 19.3. The summed E-state index contributed by atoms with van der Waals surface area (Å²) in [6.07, 6.45) is 1.93. The van der Waals surface area contributed by atoms with Crippen molar-refractivity contribution in [2.24, 2.45) is 0 Å². The number of nitrogens with zero attached hydrogens (tertiary/aromatic N) is 4. The summed E-state index contributed by atoms with van der Waals surface area (Å²) in [7, 11) is 0. The van der Waals surface area contributed by atoms with Gasteiger partial charge in [-0.1, -0.05) is 217 Å². The molecule has 0 saturated carbocycles. The maximum atomic E-state index is 6.86. The van der Waals surface area contributed by atoms with Gasteiger partial charge in [-0.25, -0.2) is 4.98 Å². The third-order valence-corrected chi connectivity index (χ3v) is 16.3. The van der Waals surface area contributed by atoms with Crippen LogP contribution in [-0.2, 0) is 37.3 Å². The van der Waals surface area contributed by atoms with E-state index in [0.29, 0.717) is 11.5 Å². The van der Waals surface area contributed by atoms with Gasteiger partial charge in [0.1, 0.15) is 5.82 Å². The molecule has 81 heavy (non-hydrogen) atoms. The Bertz CT molecular complexity index is 4240. The van der Waals surface area contributed by atoms with Gasteiger partial charge in [-0.2, -0.15) is 12.1 Å². The molecule has 1 aliphatic heterocycles. The molecule has 3 heterocycles. The van der Waals surface area contributed by atoms with Gasteiger partial charge in [0.15, 0.2) is 0 Å². The second kappa shape index (κ2) is 20.1. The van der Waals surface area contributed by atoms with Crippen LogP contribution >= 0.6 is 0 Å². The van der Waals surface area contributed by atoms with Crippen LogP contribution < -0.4 is 14.5 Å². The first-order valence-corrected chi connectivity index (χ1v) is 27.7. The Morgan fingerprint density at radius 2 is 1.04 bits per heavy atom. The summed E-state index contributed by atoms with van der Waals surface area (Å²) in [6, 6.07) is 93.2. The van der Waals surface area contributed by atoms with Crippen LogP contribution in [0.25, 0.3) is 61.0 Å². The van der Waals surface area contributed by atoms with Gasteiger partial charge in [0.05, 0.1) is 5.41 Å². The Hall–Kier alpha value is -8.76. The number of para-hydroxylation sites is 3. The molecule has 0 radical (unpaired) electrons. The Kier molecular flexibility index (Phi) is 12.8. The second-order valence-electron chi connectivity index (χ2n) is 23.2. The molecular formula is C75H59N4OPt-3. The van der Waals surface area contributed by atoms with Gasteiger partial charge in [0.2, 0.25) is 0 Å². The fraction of sp³-hybridized carbons (Fsp3) is 0.120. The zero-order chi connectivity index (χ0) is 54.3. The zero-order valence-electron chi connectivity index (χ0n) is 46.2. The van der Waals surface area contributed by atoms with Crippen molar-refractivity contribution < 1.29 is 25.8 Å². The molecule has 0 fully saturated rings. The maximum Gasteiger partial charge on any atom is 0.135 e. The van der Waals surface area contributed by atoms with Crippen LogP contribution in [0.1, 0.15) is 74.9 Å². The van der Waals surface area contributed by atoms with Crippen LogP contribution in [0.15, 0.2) is 243 Å². The number of benzene rings is 10. The molecule has 1 aliphatic carbocycles. The van der Waals surface area contributed by atoms with Crippen LogP contribution in [0.3, 0.4) is 0 Å². The molecule has 0 N–H and O–H groups in total. The van der Waals surface area contributed by atoms with Crippen molar-refractivity contribution in [2.45, 2.75) is 57.8 Å². The Labute approximate surface area is 490 Å². The molecule has 5 nitrogen and oxygen atoms in total. The molecule has 0 spiro atoms. The second-order valence-corrected chi connectivity index (χ2v) is 23.2. The SMILES string of the molecule is CC(C)(C)c1ccnc(-n2c3[c-]c(Oc4[c-]c(N5[CH-]N(c6c(-c7ccccc7)cc(C7(c8ccccc8)c8ccccc8-c8ccccc87)cc6-c6ccccc6)c6ccccc65)ccc4)ccc3c3cccc(C(C)(C)C)c32)c1.[Pt]. The smallest absolute Gasteiger partial charge is 0.135 e. The summed E-state index contributed by atoms with van der Waals surface area (Å²) < 4.78 is 9.14. The predicted molar refractivity (Wildman–Crippen MR) is 330 cm³/mol. The van der Waals surface area contributed by atoms with Crippen LogP contribution in [0.4, 0.5) is 22.7 Å². The average Bonchev–Trinajstić information content (AvgIpc) is 4.32. The molecule has 398 valence electrons. The summed E-state index contributed by atoms with van der Waals surface area (Å²) in [5.74, 6) is 2.03. The number of fused-ring (bicyclic) bond motifs is 7. The van der Waals surface area contributed by atoms with Crippen LogP contribution in [-0.4, -0.2) is 9.55 Å². The maximum absolute atomic E-state index is 6.86. The number of rotatable bonds is 9. The number of hydrogen-bond acceptors (Lipinski definition) is 4. The molecule has 6 heteroatoms. The number of aromatic nitrogens is 2. The van der Waals surface area contributed by atoms with Crippen LogP contribution in [0.5, 0.6) is 11.5 Å². The Balaban J connectivity index is 0.00000618. The van der Waals surface area contributed by atoms with E-state index in [2.05, 4.69) is 293 Å². The first-order valence-electron chi connectivity index (χ1n) is 27.7. The van der Waals surface area contributed by atoms with Gasteiger partial charge in [-0.05, 0) is 108 Å². The van der Waals surface area contributed by atoms with Crippen molar-refractivity contribution in [3.8, 4) is 50.7 Å². The third-order valence-electron chi connectivity index (χ3n) is 16.3. The van der Waals surface area contributed by atoms with E-state index in [1.165, 1.54) is 44.5 Å². The van der Waals surface area contributed by atoms with Gasteiger partial charge in [0.25, 0.3) is 0 Å². The standard InChI is InChI=1S/C75H59N4O.Pt/c1-73(2,3)53-42-43-76-70(46-53)79-69-48-57(40-41-60(69)61-34-23-37-66(72(61)79)74(4,5)6)80-56-31-22-30-55(47-56)77-49-78(68-39-21-20-38-67(68)77)71-62(50-24-10-7-11-25-50)44-54(45-63(71)51-26-12-8-13-27-51)75(52-28-14-9-15-29-52)64-35-18-16-32-58(64)59-33-17-19-36-65(59)75;/h7-46,49H,1-6H3;/q-3;. The Morgan fingerprint density at radius 3 is 1.67 bits per heavy atom. The molecule has 2 aliphatic rings. The summed E-state index contributed by atoms with van der Waals surface area (Å²) in [5.41, 5.74) is 19.7. The number of anilines is 4. The summed E-state index contributed by atoms with van der Waals surface area (Å²) in [5, 5.41) is 2.25. The molecule has 0 bridgehead atoms. The van der Waals surface area contributed by atoms with Gasteiger partial charge in [-0.3, -0.25) is 0 Å². The molecule has 2 aromatic heterocycles. The summed E-state index contributed by atoms with van der Waals surface area (Å²) in [6.45, 7) is 15.8. The minimum atomic E-state index is -0.615. The molecule has 0 unspecified atom stereocenters. The molecule has 12 aromatic rings. The van der Waals surface area contributed by atoms with E-state index in [4.69, 9.17) is 9.72 Å². The van der Waals surface area contributed by atoms with Crippen molar-refractivity contribution >= 4 is 44.6 Å². The number of pyridine rings is 1. The quantitative estimate of drug-likeness (QED) is 0.135. The van der Waals surface area contributed by atoms with Gasteiger partial charge < -0.3 is 19.1 Å². The first-order chi connectivity index (χ1) is 38.9. The number of ether oxygens (including phenoxy) is 1. The molecule has 0 saturated heterocycles. The summed E-state index contributed by atoms with van der Waals surface area (Å²) in [4.78, 5) is 9.64. The minimum absolute atomic E-state index is 0. The fourth-order valence-electron chi connectivity index (χ4n) is 12.6. The van der Waals surface area contributed by atoms with E-state index >= 15 is 0 Å². The molecule has 0 atom stereocenters. The van der Waals surface area contributed by atoms with E-state index in [9.17, 15) is 0 Å². The Morgan fingerprint density at radius 1 is 0.469 bits per heavy atom. The number of hydrogen-bond donors (Lipinski definition) is 0. The fourth-order valence-corrected chi connectivity index (χ4v) is 12.6. The largest absolute Gasteiger partial charge is 0.509 e. The van der Waals surface area contributed by atoms with E-state index in [0.717, 1.165) is 72.6 Å². The van der Waals surface area contributed by atoms with Crippen molar-refractivity contribution in [3.05, 3.63) is 295 Å². The van der Waals surface area contributed by atoms with E-state index in [1.807, 2.05) is 24.4 Å². The first kappa shape index (κ1) is 51.7. The molecular weight excluding hydrogens is 1170 g/mol. The summed E-state index contributed by atoms with van der Waals surface area (Å²) >= 11 is 0. The van der Waals surface area contributed by atoms with Crippen molar-refractivity contribution in [3.63, 3.8) is 0 Å². The minimum Gasteiger partial charge on any atom is -0.509 e. The average molecular weight is 1230 g/mol. The molecule has 14 rings (SSSR count). The zero-order valence-corrected chi connectivity index (χ0v) is 48.5. The third kappa shape index (κ3) is 8.60. The van der Waals surface area contributed by atoms with E-state index in [1.54, 1.807) is 0 Å². The van der Waals surface area contributed by atoms with Crippen molar-refractivity contribution in [1.29, 1.82) is 0 Å². The normalized spacial score (nSPS) is 13.5. The van der Waals surface area contributed by atoms with Crippen LogP contribution in [0, 0.1) is 18.8 Å². The van der Waals surface area contributed by atoms with Crippen molar-refractivity contribution in [1.82, 2.24) is 9.55 Å². The van der Waals surface area contributed by atoms with Gasteiger partial charge >= 0.3 is 0 Å². The van der Waals surface area contributed by atoms with Crippen molar-refractivity contribution in [2.75, 3.05) is 9.80 Å². The molecule has 10 aromatic carbocycles. The van der Waals surface area contributed by atoms with E-state index in [-0.39, 0.29) is 31.9 Å². The van der Waals surface area contributed by atoms with Gasteiger partial charge in [-0.15, -0.1) is 48.1 Å². The van der Waals surface area contributed by atoms with E-state index < -0.39 is 5.41 Å². The van der Waals surface area contributed by atoms with Gasteiger partial charge in [0, 0.05) is 72.5 Å².